The predicted octanol–water partition coefficient (Wildman–Crippen LogP) is 2.39. The van der Waals surface area contributed by atoms with Crippen molar-refractivity contribution in [3.05, 3.63) is 0 Å². The Morgan fingerprint density at radius 1 is 1.05 bits per heavy atom. The highest BCUT2D eigenvalue weighted by atomic mass is 16.5. The second kappa shape index (κ2) is 6.11. The number of ether oxygens (including phenoxy) is 1. The molecule has 0 aromatic carbocycles. The molecule has 1 aliphatic heterocycles. The molecular formula is C16H30N2O. The monoisotopic (exact) mass is 266 g/mol. The number of piperidine rings is 1. The average molecular weight is 266 g/mol. The highest BCUT2D eigenvalue weighted by molar-refractivity contribution is 4.93. The summed E-state index contributed by atoms with van der Waals surface area (Å²) in [5.41, 5.74) is 6.03. The number of rotatable bonds is 4. The molecule has 3 heteroatoms. The predicted molar refractivity (Wildman–Crippen MR) is 78.0 cm³/mol. The van der Waals surface area contributed by atoms with Crippen molar-refractivity contribution in [3.8, 4) is 0 Å². The third kappa shape index (κ3) is 3.14. The minimum Gasteiger partial charge on any atom is -0.381 e. The van der Waals surface area contributed by atoms with Gasteiger partial charge >= 0.3 is 0 Å². The van der Waals surface area contributed by atoms with Crippen LogP contribution in [0.5, 0.6) is 0 Å². The van der Waals surface area contributed by atoms with Gasteiger partial charge in [-0.05, 0) is 50.4 Å². The average Bonchev–Trinajstić information content (AvgIpc) is 3.31. The maximum Gasteiger partial charge on any atom is 0.0599 e. The van der Waals surface area contributed by atoms with E-state index in [0.29, 0.717) is 12.1 Å². The smallest absolute Gasteiger partial charge is 0.0599 e. The molecule has 4 unspecified atom stereocenters. The Hall–Kier alpha value is -0.120. The van der Waals surface area contributed by atoms with E-state index in [-0.39, 0.29) is 0 Å². The molecule has 19 heavy (non-hydrogen) atoms. The van der Waals surface area contributed by atoms with E-state index >= 15 is 0 Å². The zero-order valence-electron chi connectivity index (χ0n) is 12.4. The van der Waals surface area contributed by atoms with Crippen molar-refractivity contribution in [3.63, 3.8) is 0 Å². The number of nitrogens with two attached hydrogens (primary N) is 1. The van der Waals surface area contributed by atoms with E-state index in [1.54, 1.807) is 0 Å². The topological polar surface area (TPSA) is 38.5 Å². The minimum absolute atomic E-state index is 0.438. The molecule has 4 atom stereocenters. The van der Waals surface area contributed by atoms with Crippen LogP contribution in [0.4, 0.5) is 0 Å². The highest BCUT2D eigenvalue weighted by Gasteiger charge is 2.39. The molecule has 0 aromatic rings. The summed E-state index contributed by atoms with van der Waals surface area (Å²) < 4.78 is 5.55. The van der Waals surface area contributed by atoms with Crippen LogP contribution in [0.25, 0.3) is 0 Å². The number of likely N-dealkylation sites (tertiary alicyclic amines) is 1. The number of nitrogens with zero attached hydrogens (tertiary/aromatic N) is 1. The standard InChI is InChI=1S/C16H30N2O/c1-19-16-7-8-18(15(10-16)11-17)14-4-2-3-13(9-14)12-5-6-12/h12-16H,2-11,17H2,1H3. The van der Waals surface area contributed by atoms with Crippen LogP contribution in [-0.2, 0) is 4.74 Å². The Labute approximate surface area is 117 Å². The first-order valence-electron chi connectivity index (χ1n) is 8.30. The fourth-order valence-electron chi connectivity index (χ4n) is 4.46. The molecule has 1 heterocycles. The zero-order chi connectivity index (χ0) is 13.2. The molecular weight excluding hydrogens is 236 g/mol. The third-order valence-corrected chi connectivity index (χ3v) is 5.76. The van der Waals surface area contributed by atoms with Gasteiger partial charge in [0, 0.05) is 32.3 Å². The lowest BCUT2D eigenvalue weighted by Crippen LogP contribution is -2.54. The van der Waals surface area contributed by atoms with Gasteiger partial charge in [-0.15, -0.1) is 0 Å². The van der Waals surface area contributed by atoms with Gasteiger partial charge in [0.2, 0.25) is 0 Å². The van der Waals surface area contributed by atoms with Crippen LogP contribution in [-0.4, -0.2) is 43.3 Å². The number of hydrogen-bond acceptors (Lipinski definition) is 3. The fourth-order valence-corrected chi connectivity index (χ4v) is 4.46. The van der Waals surface area contributed by atoms with E-state index in [1.807, 2.05) is 7.11 Å². The molecule has 2 saturated carbocycles. The molecule has 3 rings (SSSR count). The SMILES string of the molecule is COC1CCN(C2CCCC(C3CC3)C2)C(CN)C1. The Kier molecular flexibility index (Phi) is 4.45. The molecule has 0 radical (unpaired) electrons. The lowest BCUT2D eigenvalue weighted by atomic mass is 9.80. The lowest BCUT2D eigenvalue weighted by Gasteiger charge is -2.46. The van der Waals surface area contributed by atoms with Gasteiger partial charge in [-0.25, -0.2) is 0 Å². The molecule has 2 N–H and O–H groups in total. The van der Waals surface area contributed by atoms with Gasteiger partial charge in [-0.3, -0.25) is 4.90 Å². The summed E-state index contributed by atoms with van der Waals surface area (Å²) in [6, 6.07) is 1.37. The van der Waals surface area contributed by atoms with Gasteiger partial charge in [0.15, 0.2) is 0 Å². The Bertz CT molecular complexity index is 292. The molecule has 0 aromatic heterocycles. The molecule has 3 aliphatic rings. The normalized spacial score (nSPS) is 41.4. The second-order valence-electron chi connectivity index (χ2n) is 6.93. The van der Waals surface area contributed by atoms with Gasteiger partial charge in [0.25, 0.3) is 0 Å². The van der Waals surface area contributed by atoms with Crippen molar-refractivity contribution >= 4 is 0 Å². The van der Waals surface area contributed by atoms with Crippen LogP contribution in [0.3, 0.4) is 0 Å². The van der Waals surface area contributed by atoms with Gasteiger partial charge < -0.3 is 10.5 Å². The van der Waals surface area contributed by atoms with E-state index in [2.05, 4.69) is 4.90 Å². The van der Waals surface area contributed by atoms with Gasteiger partial charge in [-0.1, -0.05) is 12.8 Å². The second-order valence-corrected chi connectivity index (χ2v) is 6.93. The molecule has 1 saturated heterocycles. The summed E-state index contributed by atoms with van der Waals surface area (Å²) in [6.45, 7) is 1.99. The van der Waals surface area contributed by atoms with Crippen LogP contribution >= 0.6 is 0 Å². The molecule has 3 nitrogen and oxygen atoms in total. The van der Waals surface area contributed by atoms with E-state index in [9.17, 15) is 0 Å². The van der Waals surface area contributed by atoms with E-state index in [4.69, 9.17) is 10.5 Å². The highest BCUT2D eigenvalue weighted by Crippen LogP contribution is 2.45. The van der Waals surface area contributed by atoms with Crippen molar-refractivity contribution in [2.45, 2.75) is 69.6 Å². The van der Waals surface area contributed by atoms with Crippen LogP contribution in [0.15, 0.2) is 0 Å². The van der Waals surface area contributed by atoms with Gasteiger partial charge in [0.05, 0.1) is 6.10 Å². The Morgan fingerprint density at radius 2 is 1.89 bits per heavy atom. The lowest BCUT2D eigenvalue weighted by molar-refractivity contribution is -0.0164. The van der Waals surface area contributed by atoms with Crippen molar-refractivity contribution in [1.29, 1.82) is 0 Å². The fraction of sp³-hybridized carbons (Fsp3) is 1.00. The van der Waals surface area contributed by atoms with Crippen molar-refractivity contribution in [1.82, 2.24) is 4.90 Å². The first-order valence-corrected chi connectivity index (χ1v) is 8.30. The number of hydrogen-bond donors (Lipinski definition) is 1. The van der Waals surface area contributed by atoms with Crippen LogP contribution in [0.1, 0.15) is 51.4 Å². The zero-order valence-corrected chi connectivity index (χ0v) is 12.4. The van der Waals surface area contributed by atoms with Crippen molar-refractivity contribution in [2.24, 2.45) is 17.6 Å². The maximum absolute atomic E-state index is 6.03. The third-order valence-electron chi connectivity index (χ3n) is 5.76. The number of methoxy groups -OCH3 is 1. The summed E-state index contributed by atoms with van der Waals surface area (Å²) in [4.78, 5) is 2.74. The minimum atomic E-state index is 0.438. The summed E-state index contributed by atoms with van der Waals surface area (Å²) >= 11 is 0. The van der Waals surface area contributed by atoms with Crippen molar-refractivity contribution in [2.75, 3.05) is 20.2 Å². The van der Waals surface area contributed by atoms with Crippen molar-refractivity contribution < 1.29 is 4.74 Å². The summed E-state index contributed by atoms with van der Waals surface area (Å²) in [5.74, 6) is 2.10. The largest absolute Gasteiger partial charge is 0.381 e. The summed E-state index contributed by atoms with van der Waals surface area (Å²) in [7, 11) is 1.84. The Morgan fingerprint density at radius 3 is 2.58 bits per heavy atom. The van der Waals surface area contributed by atoms with Crippen LogP contribution in [0, 0.1) is 11.8 Å². The van der Waals surface area contributed by atoms with Gasteiger partial charge in [0.1, 0.15) is 0 Å². The van der Waals surface area contributed by atoms with E-state index in [1.165, 1.54) is 51.5 Å². The molecule has 2 aliphatic carbocycles. The van der Waals surface area contributed by atoms with Crippen LogP contribution < -0.4 is 5.73 Å². The Balaban J connectivity index is 1.59. The van der Waals surface area contributed by atoms with Crippen LogP contribution in [0.2, 0.25) is 0 Å². The van der Waals surface area contributed by atoms with Gasteiger partial charge in [-0.2, -0.15) is 0 Å². The first kappa shape index (κ1) is 13.8. The summed E-state index contributed by atoms with van der Waals surface area (Å²) in [6.07, 6.45) is 11.5. The van der Waals surface area contributed by atoms with E-state index in [0.717, 1.165) is 30.8 Å². The maximum atomic E-state index is 6.03. The molecule has 0 bridgehead atoms. The molecule has 0 amide bonds. The first-order chi connectivity index (χ1) is 9.31. The quantitative estimate of drug-likeness (QED) is 0.849. The summed E-state index contributed by atoms with van der Waals surface area (Å²) in [5, 5.41) is 0. The molecule has 110 valence electrons. The molecule has 0 spiro atoms. The molecule has 3 fully saturated rings. The van der Waals surface area contributed by atoms with E-state index < -0.39 is 0 Å².